The van der Waals surface area contributed by atoms with Gasteiger partial charge in [-0.25, -0.2) is 0 Å². The minimum Gasteiger partial charge on any atom is -0.493 e. The standard InChI is InChI=1S/C18H23NO2/c1-2-9-19-17(12-14-7-10-20-13-14)15-8-11-21-18-6-4-3-5-16(15)18/h3-7,10,13,15,17,19H,2,8-9,11-12H2,1H3. The Kier molecular flexibility index (Phi) is 4.61. The maximum Gasteiger partial charge on any atom is 0.122 e. The summed E-state index contributed by atoms with van der Waals surface area (Å²) >= 11 is 0. The quantitative estimate of drug-likeness (QED) is 0.877. The van der Waals surface area contributed by atoms with Gasteiger partial charge in [0.15, 0.2) is 0 Å². The topological polar surface area (TPSA) is 34.4 Å². The van der Waals surface area contributed by atoms with Gasteiger partial charge in [-0.3, -0.25) is 0 Å². The van der Waals surface area contributed by atoms with Crippen LogP contribution in [-0.2, 0) is 6.42 Å². The van der Waals surface area contributed by atoms with Crippen LogP contribution in [0, 0.1) is 0 Å². The van der Waals surface area contributed by atoms with E-state index in [9.17, 15) is 0 Å². The Balaban J connectivity index is 1.82. The first-order valence-electron chi connectivity index (χ1n) is 7.84. The molecule has 3 nitrogen and oxygen atoms in total. The zero-order valence-corrected chi connectivity index (χ0v) is 12.5. The van der Waals surface area contributed by atoms with E-state index < -0.39 is 0 Å². The van der Waals surface area contributed by atoms with E-state index in [0.29, 0.717) is 12.0 Å². The summed E-state index contributed by atoms with van der Waals surface area (Å²) in [6.45, 7) is 4.05. The van der Waals surface area contributed by atoms with Crippen LogP contribution in [0.2, 0.25) is 0 Å². The van der Waals surface area contributed by atoms with Crippen LogP contribution in [0.4, 0.5) is 0 Å². The molecule has 2 atom stereocenters. The van der Waals surface area contributed by atoms with Crippen LogP contribution >= 0.6 is 0 Å². The van der Waals surface area contributed by atoms with Crippen molar-refractivity contribution < 1.29 is 9.15 Å². The van der Waals surface area contributed by atoms with Crippen molar-refractivity contribution in [2.24, 2.45) is 0 Å². The normalized spacial score (nSPS) is 18.8. The summed E-state index contributed by atoms with van der Waals surface area (Å²) in [7, 11) is 0. The summed E-state index contributed by atoms with van der Waals surface area (Å²) in [4.78, 5) is 0. The zero-order chi connectivity index (χ0) is 14.5. The molecule has 21 heavy (non-hydrogen) atoms. The van der Waals surface area contributed by atoms with Gasteiger partial charge in [-0.2, -0.15) is 0 Å². The van der Waals surface area contributed by atoms with Crippen molar-refractivity contribution >= 4 is 0 Å². The second-order valence-corrected chi connectivity index (χ2v) is 5.68. The Hall–Kier alpha value is -1.74. The third-order valence-electron chi connectivity index (χ3n) is 4.18. The molecule has 1 aromatic heterocycles. The summed E-state index contributed by atoms with van der Waals surface area (Å²) in [6.07, 6.45) is 6.81. The van der Waals surface area contributed by atoms with Crippen LogP contribution in [0.3, 0.4) is 0 Å². The molecule has 0 bridgehead atoms. The first-order valence-corrected chi connectivity index (χ1v) is 7.84. The number of hydrogen-bond donors (Lipinski definition) is 1. The zero-order valence-electron chi connectivity index (χ0n) is 12.5. The van der Waals surface area contributed by atoms with E-state index in [1.54, 1.807) is 6.26 Å². The molecule has 0 spiro atoms. The molecular weight excluding hydrogens is 262 g/mol. The third-order valence-corrected chi connectivity index (χ3v) is 4.18. The summed E-state index contributed by atoms with van der Waals surface area (Å²) < 4.78 is 11.0. The summed E-state index contributed by atoms with van der Waals surface area (Å²) in [5.74, 6) is 1.54. The number of hydrogen-bond acceptors (Lipinski definition) is 3. The molecule has 1 N–H and O–H groups in total. The van der Waals surface area contributed by atoms with Crippen molar-refractivity contribution in [1.29, 1.82) is 0 Å². The van der Waals surface area contributed by atoms with E-state index in [2.05, 4.69) is 36.5 Å². The van der Waals surface area contributed by atoms with Gasteiger partial charge in [0.2, 0.25) is 0 Å². The van der Waals surface area contributed by atoms with Gasteiger partial charge in [-0.05, 0) is 49.1 Å². The fourth-order valence-electron chi connectivity index (χ4n) is 3.14. The molecule has 0 saturated heterocycles. The van der Waals surface area contributed by atoms with Crippen molar-refractivity contribution in [3.8, 4) is 5.75 Å². The van der Waals surface area contributed by atoms with Crippen LogP contribution in [0.15, 0.2) is 47.3 Å². The Bertz CT molecular complexity index is 550. The van der Waals surface area contributed by atoms with E-state index in [1.807, 2.05) is 12.3 Å². The highest BCUT2D eigenvalue weighted by Crippen LogP contribution is 2.36. The highest BCUT2D eigenvalue weighted by Gasteiger charge is 2.28. The summed E-state index contributed by atoms with van der Waals surface area (Å²) in [5, 5.41) is 3.72. The average molecular weight is 285 g/mol. The van der Waals surface area contributed by atoms with Gasteiger partial charge >= 0.3 is 0 Å². The Morgan fingerprint density at radius 3 is 3.00 bits per heavy atom. The summed E-state index contributed by atoms with van der Waals surface area (Å²) in [5.41, 5.74) is 2.59. The van der Waals surface area contributed by atoms with Gasteiger partial charge < -0.3 is 14.5 Å². The molecule has 2 heterocycles. The first-order chi connectivity index (χ1) is 10.4. The number of furan rings is 1. The maximum atomic E-state index is 5.80. The van der Waals surface area contributed by atoms with E-state index in [4.69, 9.17) is 9.15 Å². The van der Waals surface area contributed by atoms with Crippen LogP contribution in [0.5, 0.6) is 5.75 Å². The maximum absolute atomic E-state index is 5.80. The lowest BCUT2D eigenvalue weighted by Crippen LogP contribution is -2.39. The molecule has 3 rings (SSSR count). The Morgan fingerprint density at radius 2 is 2.19 bits per heavy atom. The van der Waals surface area contributed by atoms with Crippen molar-refractivity contribution in [3.63, 3.8) is 0 Å². The average Bonchev–Trinajstić information content (AvgIpc) is 3.04. The minimum atomic E-state index is 0.424. The molecule has 1 aliphatic heterocycles. The van der Waals surface area contributed by atoms with E-state index in [0.717, 1.165) is 38.2 Å². The molecule has 0 amide bonds. The number of nitrogens with one attached hydrogen (secondary N) is 1. The Labute approximate surface area is 126 Å². The van der Waals surface area contributed by atoms with Crippen LogP contribution < -0.4 is 10.1 Å². The van der Waals surface area contributed by atoms with Crippen molar-refractivity contribution in [2.75, 3.05) is 13.2 Å². The fraction of sp³-hybridized carbons (Fsp3) is 0.444. The molecular formula is C18H23NO2. The van der Waals surface area contributed by atoms with Crippen LogP contribution in [-0.4, -0.2) is 19.2 Å². The number of ether oxygens (including phenoxy) is 1. The molecule has 0 radical (unpaired) electrons. The van der Waals surface area contributed by atoms with Crippen molar-refractivity contribution in [2.45, 2.75) is 38.1 Å². The van der Waals surface area contributed by atoms with E-state index in [-0.39, 0.29) is 0 Å². The summed E-state index contributed by atoms with van der Waals surface area (Å²) in [6, 6.07) is 10.9. The molecule has 0 aliphatic carbocycles. The lowest BCUT2D eigenvalue weighted by molar-refractivity contribution is 0.244. The number of benzene rings is 1. The van der Waals surface area contributed by atoms with Crippen LogP contribution in [0.25, 0.3) is 0 Å². The molecule has 2 unspecified atom stereocenters. The van der Waals surface area contributed by atoms with Gasteiger partial charge in [0.1, 0.15) is 5.75 Å². The molecule has 0 saturated carbocycles. The highest BCUT2D eigenvalue weighted by atomic mass is 16.5. The molecule has 0 fully saturated rings. The van der Waals surface area contributed by atoms with E-state index in [1.165, 1.54) is 11.1 Å². The smallest absolute Gasteiger partial charge is 0.122 e. The first kappa shape index (κ1) is 14.2. The van der Waals surface area contributed by atoms with E-state index >= 15 is 0 Å². The predicted octanol–water partition coefficient (Wildman–Crippen LogP) is 3.76. The van der Waals surface area contributed by atoms with Gasteiger partial charge in [0.05, 0.1) is 19.1 Å². The van der Waals surface area contributed by atoms with Gasteiger partial charge in [-0.15, -0.1) is 0 Å². The lowest BCUT2D eigenvalue weighted by Gasteiger charge is -2.33. The Morgan fingerprint density at radius 1 is 1.29 bits per heavy atom. The molecule has 1 aromatic carbocycles. The molecule has 112 valence electrons. The fourth-order valence-corrected chi connectivity index (χ4v) is 3.14. The predicted molar refractivity (Wildman–Crippen MR) is 83.8 cm³/mol. The molecule has 1 aliphatic rings. The van der Waals surface area contributed by atoms with Gasteiger partial charge in [0.25, 0.3) is 0 Å². The number of para-hydroxylation sites is 1. The lowest BCUT2D eigenvalue weighted by atomic mass is 9.84. The number of rotatable bonds is 6. The van der Waals surface area contributed by atoms with Crippen LogP contribution in [0.1, 0.15) is 36.8 Å². The number of fused-ring (bicyclic) bond motifs is 1. The monoisotopic (exact) mass is 285 g/mol. The third kappa shape index (κ3) is 3.30. The second kappa shape index (κ2) is 6.81. The second-order valence-electron chi connectivity index (χ2n) is 5.68. The minimum absolute atomic E-state index is 0.424. The largest absolute Gasteiger partial charge is 0.493 e. The van der Waals surface area contributed by atoms with Gasteiger partial charge in [-0.1, -0.05) is 25.1 Å². The highest BCUT2D eigenvalue weighted by molar-refractivity contribution is 5.39. The molecule has 3 heteroatoms. The SMILES string of the molecule is CCCNC(Cc1ccoc1)C1CCOc2ccccc21. The van der Waals surface area contributed by atoms with Crippen molar-refractivity contribution in [3.05, 3.63) is 54.0 Å². The van der Waals surface area contributed by atoms with Crippen molar-refractivity contribution in [1.82, 2.24) is 5.32 Å². The van der Waals surface area contributed by atoms with Gasteiger partial charge in [0, 0.05) is 12.0 Å². The molecule has 2 aromatic rings.